The van der Waals surface area contributed by atoms with Crippen molar-refractivity contribution in [2.45, 2.75) is 19.3 Å². The molecule has 2 aromatic heterocycles. The third-order valence-corrected chi connectivity index (χ3v) is 9.09. The van der Waals surface area contributed by atoms with E-state index in [9.17, 15) is 0 Å². The molecule has 7 aromatic rings. The first-order valence-electron chi connectivity index (χ1n) is 15.7. The van der Waals surface area contributed by atoms with Gasteiger partial charge in [0.2, 0.25) is 0 Å². The Hall–Kier alpha value is -5.67. The van der Waals surface area contributed by atoms with E-state index in [4.69, 9.17) is 9.40 Å². The molecule has 0 saturated carbocycles. The normalized spacial score (nSPS) is 14.1. The monoisotopic (exact) mass is 578 g/mol. The van der Waals surface area contributed by atoms with Gasteiger partial charge in [-0.1, -0.05) is 103 Å². The Morgan fingerprint density at radius 3 is 2.33 bits per heavy atom. The van der Waals surface area contributed by atoms with Crippen molar-refractivity contribution in [1.29, 1.82) is 0 Å². The molecule has 0 N–H and O–H groups in total. The summed E-state index contributed by atoms with van der Waals surface area (Å²) in [4.78, 5) is 5.26. The number of aryl methyl sites for hydroxylation is 1. The number of aromatic nitrogens is 2. The minimum absolute atomic E-state index is 0.882. The molecule has 5 aromatic carbocycles. The molecule has 0 aliphatic heterocycles. The van der Waals surface area contributed by atoms with E-state index in [-0.39, 0.29) is 0 Å². The summed E-state index contributed by atoms with van der Waals surface area (Å²) < 4.78 is 8.84. The summed E-state index contributed by atoms with van der Waals surface area (Å²) in [5.74, 6) is 0.944. The standard InChI is InChI=1S/C42H30N2O/c1-3-12-28(13-4-1)29-14-11-15-30(24-29)31-22-23-32(25-31)36-26-33(27-40-41(36)35-18-7-10-21-39(35)45-40)42-43-37-19-8-9-20-38(37)44(42)34-16-5-2-6-17-34/h1-7,9-18,20-21,23-27H,8,19,22H2. The zero-order valence-corrected chi connectivity index (χ0v) is 24.8. The van der Waals surface area contributed by atoms with Crippen LogP contribution in [0.2, 0.25) is 0 Å². The van der Waals surface area contributed by atoms with Gasteiger partial charge >= 0.3 is 0 Å². The Morgan fingerprint density at radius 2 is 1.44 bits per heavy atom. The van der Waals surface area contributed by atoms with Gasteiger partial charge in [-0.2, -0.15) is 0 Å². The van der Waals surface area contributed by atoms with Crippen molar-refractivity contribution in [1.82, 2.24) is 9.55 Å². The fourth-order valence-corrected chi connectivity index (χ4v) is 6.93. The van der Waals surface area contributed by atoms with Crippen LogP contribution in [-0.4, -0.2) is 9.55 Å². The highest BCUT2D eigenvalue weighted by Crippen LogP contribution is 2.42. The number of hydrogen-bond donors (Lipinski definition) is 0. The summed E-state index contributed by atoms with van der Waals surface area (Å²) >= 11 is 0. The van der Waals surface area contributed by atoms with E-state index in [2.05, 4.69) is 144 Å². The number of allylic oxidation sites excluding steroid dienone is 5. The highest BCUT2D eigenvalue weighted by molar-refractivity contribution is 6.13. The molecule has 0 radical (unpaired) electrons. The van der Waals surface area contributed by atoms with Crippen LogP contribution in [0, 0.1) is 0 Å². The summed E-state index contributed by atoms with van der Waals surface area (Å²) in [6.45, 7) is 0. The van der Waals surface area contributed by atoms with E-state index in [0.717, 1.165) is 69.7 Å². The van der Waals surface area contributed by atoms with Crippen molar-refractivity contribution < 1.29 is 4.42 Å². The van der Waals surface area contributed by atoms with E-state index < -0.39 is 0 Å². The fourth-order valence-electron chi connectivity index (χ4n) is 6.93. The summed E-state index contributed by atoms with van der Waals surface area (Å²) in [5.41, 5.74) is 13.7. The number of rotatable bonds is 5. The van der Waals surface area contributed by atoms with Crippen LogP contribution in [0.1, 0.15) is 35.4 Å². The molecule has 3 nitrogen and oxygen atoms in total. The molecule has 0 fully saturated rings. The minimum atomic E-state index is 0.882. The van der Waals surface area contributed by atoms with Gasteiger partial charge < -0.3 is 4.42 Å². The third-order valence-electron chi connectivity index (χ3n) is 9.09. The molecule has 9 rings (SSSR count). The second kappa shape index (κ2) is 10.5. The Morgan fingerprint density at radius 1 is 0.667 bits per heavy atom. The second-order valence-electron chi connectivity index (χ2n) is 11.9. The van der Waals surface area contributed by atoms with Crippen LogP contribution in [-0.2, 0) is 6.42 Å². The summed E-state index contributed by atoms with van der Waals surface area (Å²) in [6, 6.07) is 42.9. The lowest BCUT2D eigenvalue weighted by Crippen LogP contribution is -2.02. The topological polar surface area (TPSA) is 31.0 Å². The van der Waals surface area contributed by atoms with Gasteiger partial charge in [0, 0.05) is 22.0 Å². The maximum absolute atomic E-state index is 6.54. The molecule has 0 bridgehead atoms. The van der Waals surface area contributed by atoms with Gasteiger partial charge in [-0.05, 0) is 95.1 Å². The molecular weight excluding hydrogens is 548 g/mol. The maximum Gasteiger partial charge on any atom is 0.145 e. The zero-order valence-electron chi connectivity index (χ0n) is 24.8. The predicted molar refractivity (Wildman–Crippen MR) is 186 cm³/mol. The molecule has 0 spiro atoms. The molecule has 2 aliphatic rings. The average Bonchev–Trinajstić information content (AvgIpc) is 3.84. The fraction of sp³-hybridized carbons (Fsp3) is 0.0714. The molecule has 2 aliphatic carbocycles. The van der Waals surface area contributed by atoms with Crippen molar-refractivity contribution >= 4 is 39.2 Å². The smallest absolute Gasteiger partial charge is 0.145 e. The van der Waals surface area contributed by atoms with Crippen molar-refractivity contribution in [3.63, 3.8) is 0 Å². The van der Waals surface area contributed by atoms with Crippen molar-refractivity contribution in [2.24, 2.45) is 0 Å². The van der Waals surface area contributed by atoms with Crippen LogP contribution in [0.3, 0.4) is 0 Å². The van der Waals surface area contributed by atoms with E-state index in [1.807, 2.05) is 6.07 Å². The number of fused-ring (bicyclic) bond motifs is 4. The first-order chi connectivity index (χ1) is 22.3. The number of benzene rings is 5. The first kappa shape index (κ1) is 25.8. The molecule has 0 atom stereocenters. The quantitative estimate of drug-likeness (QED) is 0.203. The van der Waals surface area contributed by atoms with Crippen LogP contribution < -0.4 is 0 Å². The summed E-state index contributed by atoms with van der Waals surface area (Å²) in [6.07, 6.45) is 12.0. The Kier molecular flexibility index (Phi) is 6.02. The largest absolute Gasteiger partial charge is 0.456 e. The molecule has 45 heavy (non-hydrogen) atoms. The molecule has 0 amide bonds. The first-order valence-corrected chi connectivity index (χ1v) is 15.7. The Labute approximate surface area is 262 Å². The molecule has 2 heterocycles. The maximum atomic E-state index is 6.54. The number of nitrogens with zero attached hydrogens (tertiary/aromatic N) is 2. The molecule has 3 heteroatoms. The van der Waals surface area contributed by atoms with Gasteiger partial charge in [-0.15, -0.1) is 0 Å². The van der Waals surface area contributed by atoms with Crippen LogP contribution in [0.15, 0.2) is 144 Å². The van der Waals surface area contributed by atoms with Crippen molar-refractivity contribution in [3.8, 4) is 28.2 Å². The van der Waals surface area contributed by atoms with E-state index in [0.29, 0.717) is 0 Å². The van der Waals surface area contributed by atoms with Crippen LogP contribution >= 0.6 is 0 Å². The van der Waals surface area contributed by atoms with E-state index in [1.165, 1.54) is 33.4 Å². The van der Waals surface area contributed by atoms with Crippen LogP contribution in [0.5, 0.6) is 0 Å². The second-order valence-corrected chi connectivity index (χ2v) is 11.9. The molecule has 0 unspecified atom stereocenters. The minimum Gasteiger partial charge on any atom is -0.456 e. The average molecular weight is 579 g/mol. The predicted octanol–water partition coefficient (Wildman–Crippen LogP) is 10.9. The van der Waals surface area contributed by atoms with Crippen molar-refractivity contribution in [3.05, 3.63) is 162 Å². The lowest BCUT2D eigenvalue weighted by molar-refractivity contribution is 0.669. The number of hydrogen-bond acceptors (Lipinski definition) is 2. The number of imidazole rings is 1. The van der Waals surface area contributed by atoms with Crippen LogP contribution in [0.25, 0.3) is 67.4 Å². The van der Waals surface area contributed by atoms with Gasteiger partial charge in [-0.3, -0.25) is 4.57 Å². The third kappa shape index (κ3) is 4.39. The highest BCUT2D eigenvalue weighted by atomic mass is 16.3. The molecule has 0 saturated heterocycles. The Balaban J connectivity index is 1.22. The van der Waals surface area contributed by atoms with Crippen LogP contribution in [0.4, 0.5) is 0 Å². The Bertz CT molecular complexity index is 2330. The number of furan rings is 1. The van der Waals surface area contributed by atoms with Gasteiger partial charge in [0.25, 0.3) is 0 Å². The van der Waals surface area contributed by atoms with Gasteiger partial charge in [0.05, 0.1) is 11.4 Å². The lowest BCUT2D eigenvalue weighted by Gasteiger charge is -2.13. The highest BCUT2D eigenvalue weighted by Gasteiger charge is 2.23. The van der Waals surface area contributed by atoms with E-state index in [1.54, 1.807) is 0 Å². The number of para-hydroxylation sites is 2. The van der Waals surface area contributed by atoms with Gasteiger partial charge in [-0.25, -0.2) is 4.98 Å². The van der Waals surface area contributed by atoms with Crippen molar-refractivity contribution in [2.75, 3.05) is 0 Å². The van der Waals surface area contributed by atoms with Gasteiger partial charge in [0.1, 0.15) is 17.0 Å². The lowest BCUT2D eigenvalue weighted by atomic mass is 9.96. The zero-order chi connectivity index (χ0) is 29.7. The van der Waals surface area contributed by atoms with E-state index >= 15 is 0 Å². The molecule has 214 valence electrons. The molecular formula is C42H30N2O. The summed E-state index contributed by atoms with van der Waals surface area (Å²) in [5, 5.41) is 2.29. The van der Waals surface area contributed by atoms with Gasteiger partial charge in [0.15, 0.2) is 0 Å². The summed E-state index contributed by atoms with van der Waals surface area (Å²) in [7, 11) is 0. The SMILES string of the molecule is C1=Cc2c(nc(-c3cc(C4=CCC(c5cccc(-c6ccccc6)c5)=C4)c4c(c3)oc3ccccc34)n2-c2ccccc2)CC1.